The maximum Gasteiger partial charge on any atom is 0.0568 e. The number of aromatic nitrogens is 2. The lowest BCUT2D eigenvalue weighted by Crippen LogP contribution is -2.12. The van der Waals surface area contributed by atoms with E-state index in [1.165, 1.54) is 32.1 Å². The summed E-state index contributed by atoms with van der Waals surface area (Å²) in [6.07, 6.45) is 10.7. The largest absolute Gasteiger partial charge is 0.399 e. The maximum absolute atomic E-state index is 5.82. The number of nitrogen functional groups attached to an aromatic ring is 1. The molecule has 1 heterocycles. The molecule has 3 rings (SSSR count). The third-order valence-electron chi connectivity index (χ3n) is 3.77. The van der Waals surface area contributed by atoms with Gasteiger partial charge >= 0.3 is 0 Å². The van der Waals surface area contributed by atoms with Crippen molar-refractivity contribution in [2.75, 3.05) is 5.73 Å². The monoisotopic (exact) mass is 241 g/mol. The molecule has 1 fully saturated rings. The van der Waals surface area contributed by atoms with E-state index in [0.717, 1.165) is 16.8 Å². The zero-order valence-corrected chi connectivity index (χ0v) is 10.5. The highest BCUT2D eigenvalue weighted by Crippen LogP contribution is 2.29. The Balaban J connectivity index is 1.84. The van der Waals surface area contributed by atoms with Gasteiger partial charge in [-0.25, -0.2) is 0 Å². The summed E-state index contributed by atoms with van der Waals surface area (Å²) in [7, 11) is 0. The van der Waals surface area contributed by atoms with E-state index in [1.54, 1.807) is 0 Å². The second-order valence-corrected chi connectivity index (χ2v) is 5.13. The van der Waals surface area contributed by atoms with Gasteiger partial charge in [0, 0.05) is 17.4 Å². The van der Waals surface area contributed by atoms with Crippen molar-refractivity contribution in [3.05, 3.63) is 36.7 Å². The molecule has 0 aliphatic heterocycles. The fourth-order valence-corrected chi connectivity index (χ4v) is 2.75. The normalized spacial score (nSPS) is 16.9. The first-order valence-electron chi connectivity index (χ1n) is 6.73. The Kier molecular flexibility index (Phi) is 3.05. The number of nitrogens with zero attached hydrogens (tertiary/aromatic N) is 2. The number of hydrogen-bond acceptors (Lipinski definition) is 2. The van der Waals surface area contributed by atoms with Crippen LogP contribution in [-0.4, -0.2) is 9.78 Å². The van der Waals surface area contributed by atoms with Crippen molar-refractivity contribution in [2.45, 2.75) is 38.1 Å². The molecule has 3 nitrogen and oxygen atoms in total. The molecule has 2 N–H and O–H groups in total. The van der Waals surface area contributed by atoms with Gasteiger partial charge < -0.3 is 5.73 Å². The highest BCUT2D eigenvalue weighted by molar-refractivity contribution is 5.65. The Hall–Kier alpha value is -1.77. The van der Waals surface area contributed by atoms with Crippen LogP contribution in [0.1, 0.15) is 38.1 Å². The first kappa shape index (κ1) is 11.3. The van der Waals surface area contributed by atoms with E-state index in [1.807, 2.05) is 24.4 Å². The van der Waals surface area contributed by atoms with Gasteiger partial charge in [0.1, 0.15) is 0 Å². The van der Waals surface area contributed by atoms with Crippen molar-refractivity contribution < 1.29 is 0 Å². The molecule has 0 amide bonds. The Labute approximate surface area is 108 Å². The maximum atomic E-state index is 5.82. The molecule has 0 radical (unpaired) electrons. The Morgan fingerprint density at radius 2 is 1.94 bits per heavy atom. The van der Waals surface area contributed by atoms with Crippen molar-refractivity contribution >= 4 is 5.69 Å². The zero-order valence-electron chi connectivity index (χ0n) is 10.5. The summed E-state index contributed by atoms with van der Waals surface area (Å²) in [5, 5.41) is 4.52. The highest BCUT2D eigenvalue weighted by Gasteiger charge is 2.16. The van der Waals surface area contributed by atoms with E-state index in [4.69, 9.17) is 5.73 Å². The van der Waals surface area contributed by atoms with Crippen molar-refractivity contribution in [1.82, 2.24) is 9.78 Å². The van der Waals surface area contributed by atoms with Crippen LogP contribution in [0.2, 0.25) is 0 Å². The number of rotatable bonds is 2. The summed E-state index contributed by atoms with van der Waals surface area (Å²) in [5.41, 5.74) is 8.93. The van der Waals surface area contributed by atoms with Crippen LogP contribution in [0.5, 0.6) is 0 Å². The minimum Gasteiger partial charge on any atom is -0.399 e. The van der Waals surface area contributed by atoms with E-state index >= 15 is 0 Å². The van der Waals surface area contributed by atoms with E-state index in [2.05, 4.69) is 22.0 Å². The van der Waals surface area contributed by atoms with Crippen molar-refractivity contribution in [3.8, 4) is 11.1 Å². The van der Waals surface area contributed by atoms with Crippen LogP contribution in [0, 0.1) is 0 Å². The standard InChI is InChI=1S/C15H19N3/c16-14-6-4-5-12(9-14)13-10-17-18(11-13)15-7-2-1-3-8-15/h4-6,9-11,15H,1-3,7-8,16H2. The molecule has 1 aliphatic carbocycles. The minimum absolute atomic E-state index is 0.591. The van der Waals surface area contributed by atoms with Gasteiger partial charge in [-0.2, -0.15) is 5.10 Å². The van der Waals surface area contributed by atoms with Crippen LogP contribution >= 0.6 is 0 Å². The average Bonchev–Trinajstić information content (AvgIpc) is 2.89. The molecule has 0 spiro atoms. The summed E-state index contributed by atoms with van der Waals surface area (Å²) < 4.78 is 2.14. The molecular formula is C15H19N3. The molecular weight excluding hydrogens is 222 g/mol. The van der Waals surface area contributed by atoms with Gasteiger partial charge in [0.2, 0.25) is 0 Å². The lowest BCUT2D eigenvalue weighted by Gasteiger charge is -2.21. The van der Waals surface area contributed by atoms with Crippen LogP contribution in [-0.2, 0) is 0 Å². The van der Waals surface area contributed by atoms with Crippen LogP contribution in [0.3, 0.4) is 0 Å². The summed E-state index contributed by atoms with van der Waals surface area (Å²) in [6, 6.07) is 8.58. The van der Waals surface area contributed by atoms with Crippen LogP contribution < -0.4 is 5.73 Å². The van der Waals surface area contributed by atoms with Gasteiger partial charge in [-0.3, -0.25) is 4.68 Å². The Bertz CT molecular complexity index is 524. The van der Waals surface area contributed by atoms with E-state index in [9.17, 15) is 0 Å². The molecule has 18 heavy (non-hydrogen) atoms. The van der Waals surface area contributed by atoms with E-state index in [0.29, 0.717) is 6.04 Å². The zero-order chi connectivity index (χ0) is 12.4. The molecule has 1 saturated carbocycles. The molecule has 3 heteroatoms. The second kappa shape index (κ2) is 4.84. The van der Waals surface area contributed by atoms with Crippen molar-refractivity contribution in [3.63, 3.8) is 0 Å². The van der Waals surface area contributed by atoms with E-state index in [-0.39, 0.29) is 0 Å². The van der Waals surface area contributed by atoms with Gasteiger partial charge in [0.05, 0.1) is 12.2 Å². The van der Waals surface area contributed by atoms with Crippen molar-refractivity contribution in [1.29, 1.82) is 0 Å². The van der Waals surface area contributed by atoms with Gasteiger partial charge in [0.15, 0.2) is 0 Å². The average molecular weight is 241 g/mol. The first-order chi connectivity index (χ1) is 8.83. The summed E-state index contributed by atoms with van der Waals surface area (Å²) in [5.74, 6) is 0. The van der Waals surface area contributed by atoms with Crippen molar-refractivity contribution in [2.24, 2.45) is 0 Å². The molecule has 0 atom stereocenters. The predicted molar refractivity (Wildman–Crippen MR) is 74.2 cm³/mol. The second-order valence-electron chi connectivity index (χ2n) is 5.13. The molecule has 94 valence electrons. The number of hydrogen-bond donors (Lipinski definition) is 1. The Morgan fingerprint density at radius 1 is 1.11 bits per heavy atom. The fraction of sp³-hybridized carbons (Fsp3) is 0.400. The predicted octanol–water partition coefficient (Wildman–Crippen LogP) is 3.64. The smallest absolute Gasteiger partial charge is 0.0568 e. The molecule has 0 bridgehead atoms. The van der Waals surface area contributed by atoms with Crippen LogP contribution in [0.15, 0.2) is 36.7 Å². The first-order valence-corrected chi connectivity index (χ1v) is 6.73. The molecule has 0 unspecified atom stereocenters. The molecule has 2 aromatic rings. The van der Waals surface area contributed by atoms with Gasteiger partial charge in [-0.05, 0) is 30.5 Å². The third-order valence-corrected chi connectivity index (χ3v) is 3.77. The SMILES string of the molecule is Nc1cccc(-c2cnn(C3CCCCC3)c2)c1. The molecule has 1 aromatic carbocycles. The van der Waals surface area contributed by atoms with Crippen LogP contribution in [0.4, 0.5) is 5.69 Å². The lowest BCUT2D eigenvalue weighted by molar-refractivity contribution is 0.329. The summed E-state index contributed by atoms with van der Waals surface area (Å²) >= 11 is 0. The van der Waals surface area contributed by atoms with Crippen LogP contribution in [0.25, 0.3) is 11.1 Å². The number of anilines is 1. The quantitative estimate of drug-likeness (QED) is 0.816. The molecule has 0 saturated heterocycles. The number of benzene rings is 1. The highest BCUT2D eigenvalue weighted by atomic mass is 15.3. The van der Waals surface area contributed by atoms with Gasteiger partial charge in [-0.1, -0.05) is 31.4 Å². The third kappa shape index (κ3) is 2.26. The lowest BCUT2D eigenvalue weighted by atomic mass is 9.96. The van der Waals surface area contributed by atoms with E-state index < -0.39 is 0 Å². The Morgan fingerprint density at radius 3 is 2.72 bits per heavy atom. The topological polar surface area (TPSA) is 43.8 Å². The summed E-state index contributed by atoms with van der Waals surface area (Å²) in [4.78, 5) is 0. The minimum atomic E-state index is 0.591. The van der Waals surface area contributed by atoms with Gasteiger partial charge in [-0.15, -0.1) is 0 Å². The number of nitrogens with two attached hydrogens (primary N) is 1. The fourth-order valence-electron chi connectivity index (χ4n) is 2.75. The molecule has 1 aliphatic rings. The summed E-state index contributed by atoms with van der Waals surface area (Å²) in [6.45, 7) is 0. The molecule has 1 aromatic heterocycles. The van der Waals surface area contributed by atoms with Gasteiger partial charge in [0.25, 0.3) is 0 Å².